The molecule has 0 aliphatic rings. The first kappa shape index (κ1) is 60.0. The number of carboxylic acids is 3. The summed E-state index contributed by atoms with van der Waals surface area (Å²) in [5.74, 6) is -2.75. The van der Waals surface area contributed by atoms with E-state index in [9.17, 15) is 29.7 Å². The summed E-state index contributed by atoms with van der Waals surface area (Å²) in [5.41, 5.74) is 0. The van der Waals surface area contributed by atoms with Gasteiger partial charge in [-0.3, -0.25) is 0 Å². The van der Waals surface area contributed by atoms with Crippen molar-refractivity contribution in [2.45, 2.75) is 252 Å². The van der Waals surface area contributed by atoms with Crippen molar-refractivity contribution in [3.8, 4) is 0 Å². The monoisotopic (exact) mass is 829 g/mol. The van der Waals surface area contributed by atoms with Crippen LogP contribution in [0.4, 0.5) is 0 Å². The van der Waals surface area contributed by atoms with E-state index >= 15 is 0 Å². The summed E-state index contributed by atoms with van der Waals surface area (Å²) in [6, 6.07) is 0. The number of hydrogen-bond donors (Lipinski definition) is 0. The van der Waals surface area contributed by atoms with Gasteiger partial charge in [0.1, 0.15) is 0 Å². The molecule has 0 aliphatic carbocycles. The minimum Gasteiger partial charge on any atom is -0.550 e. The second-order valence-electron chi connectivity index (χ2n) is 15.0. The topological polar surface area (TPSA) is 120 Å². The maximum absolute atomic E-state index is 10.2. The van der Waals surface area contributed by atoms with Gasteiger partial charge in [-0.1, -0.05) is 173 Å². The normalized spacial score (nSPS) is 11.0. The average molecular weight is 830 g/mol. The Morgan fingerprint density at radius 2 is 0.455 bits per heavy atom. The van der Waals surface area contributed by atoms with Crippen LogP contribution in [0.25, 0.3) is 0 Å². The Morgan fingerprint density at radius 1 is 0.291 bits per heavy atom. The van der Waals surface area contributed by atoms with E-state index in [1.165, 1.54) is 154 Å². The Morgan fingerprint density at radius 3 is 0.636 bits per heavy atom. The maximum atomic E-state index is 10.2. The maximum Gasteiger partial charge on any atom is 3.00 e. The minimum atomic E-state index is -0.916. The average Bonchev–Trinajstić information content (AvgIpc) is 3.14. The number of allylic oxidation sites excluding steroid dienone is 6. The van der Waals surface area contributed by atoms with Gasteiger partial charge in [0.2, 0.25) is 0 Å². The molecule has 0 saturated heterocycles. The van der Waals surface area contributed by atoms with Gasteiger partial charge in [-0.2, -0.15) is 0 Å². The largest absolute Gasteiger partial charge is 3.00 e. The number of carbonyl (C=O) groups excluding carboxylic acids is 3. The predicted molar refractivity (Wildman–Crippen MR) is 231 cm³/mol. The first-order chi connectivity index (χ1) is 26.3. The van der Waals surface area contributed by atoms with Gasteiger partial charge in [0.25, 0.3) is 0 Å². The third-order valence-corrected chi connectivity index (χ3v) is 9.43. The summed E-state index contributed by atoms with van der Waals surface area (Å²) in [7, 11) is 0. The van der Waals surface area contributed by atoms with Crippen LogP contribution in [0.2, 0.25) is 0 Å². The van der Waals surface area contributed by atoms with Crippen LogP contribution in [0.15, 0.2) is 36.5 Å². The molecule has 0 aromatic heterocycles. The first-order valence-corrected chi connectivity index (χ1v) is 22.9. The smallest absolute Gasteiger partial charge is 0.550 e. The van der Waals surface area contributed by atoms with Crippen LogP contribution in [-0.2, 0) is 14.4 Å². The number of aliphatic carboxylic acids is 3. The van der Waals surface area contributed by atoms with Gasteiger partial charge in [0.15, 0.2) is 0 Å². The zero-order valence-corrected chi connectivity index (χ0v) is 38.9. The molecule has 0 heterocycles. The van der Waals surface area contributed by atoms with Crippen LogP contribution in [-0.4, -0.2) is 37.7 Å². The van der Waals surface area contributed by atoms with Crippen molar-refractivity contribution >= 4 is 37.7 Å². The molecule has 318 valence electrons. The molecular formula is C48H87GaO6. The molecule has 0 unspecified atom stereocenters. The van der Waals surface area contributed by atoms with E-state index in [2.05, 4.69) is 57.2 Å². The molecule has 0 saturated carbocycles. The molecule has 55 heavy (non-hydrogen) atoms. The molecule has 0 rings (SSSR count). The number of unbranched alkanes of at least 4 members (excludes halogenated alkanes) is 27. The van der Waals surface area contributed by atoms with Crippen LogP contribution in [0.5, 0.6) is 0 Å². The van der Waals surface area contributed by atoms with Gasteiger partial charge in [0.05, 0.1) is 0 Å². The molecule has 6 nitrogen and oxygen atoms in total. The van der Waals surface area contributed by atoms with E-state index in [0.717, 1.165) is 57.8 Å². The van der Waals surface area contributed by atoms with Crippen LogP contribution < -0.4 is 15.3 Å². The fourth-order valence-corrected chi connectivity index (χ4v) is 5.96. The molecule has 0 atom stereocenters. The summed E-state index contributed by atoms with van der Waals surface area (Å²) in [6.45, 7) is 6.72. The third-order valence-electron chi connectivity index (χ3n) is 9.43. The summed E-state index contributed by atoms with van der Waals surface area (Å²) in [4.78, 5) is 30.5. The number of hydrogen-bond acceptors (Lipinski definition) is 6. The van der Waals surface area contributed by atoms with Crippen molar-refractivity contribution in [2.75, 3.05) is 0 Å². The molecule has 0 aromatic carbocycles. The van der Waals surface area contributed by atoms with Gasteiger partial charge >= 0.3 is 19.8 Å². The SMILES string of the molecule is CCCCCC/C=C\CCCCCCCC(=O)[O-].CCCCCC/C=C\CCCCCCCC(=O)[O-].CCCCCC/C=C\CCCCCCCC(=O)[O-].[Ga+3]. The molecule has 0 fully saturated rings. The summed E-state index contributed by atoms with van der Waals surface area (Å²) in [6.07, 6.45) is 53.9. The molecule has 0 radical (unpaired) electrons. The van der Waals surface area contributed by atoms with Crippen molar-refractivity contribution in [1.29, 1.82) is 0 Å². The van der Waals surface area contributed by atoms with E-state index in [4.69, 9.17) is 0 Å². The van der Waals surface area contributed by atoms with Crippen LogP contribution in [0, 0.1) is 0 Å². The first-order valence-electron chi connectivity index (χ1n) is 22.9. The Kier molecular flexibility index (Phi) is 61.7. The quantitative estimate of drug-likeness (QED) is 0.0346. The molecule has 0 amide bonds. The molecular weight excluding hydrogens is 742 g/mol. The van der Waals surface area contributed by atoms with E-state index < -0.39 is 17.9 Å². The standard InChI is InChI=1S/3C16H30O2.Ga/c3*1-2-3-4-5-6-7-8-9-10-11-12-13-14-15-16(17)18;/h3*7-8H,2-6,9-15H2,1H3,(H,17,18);/q;;;+3/p-3/b3*8-7-;. The molecule has 0 spiro atoms. The number of rotatable bonds is 39. The van der Waals surface area contributed by atoms with E-state index in [0.29, 0.717) is 0 Å². The second-order valence-corrected chi connectivity index (χ2v) is 15.0. The van der Waals surface area contributed by atoms with E-state index in [1.54, 1.807) is 0 Å². The van der Waals surface area contributed by atoms with E-state index in [-0.39, 0.29) is 39.1 Å². The molecule has 0 bridgehead atoms. The van der Waals surface area contributed by atoms with Crippen LogP contribution in [0.1, 0.15) is 252 Å². The van der Waals surface area contributed by atoms with Crippen molar-refractivity contribution in [1.82, 2.24) is 0 Å². The molecule has 7 heteroatoms. The zero-order valence-electron chi connectivity index (χ0n) is 36.4. The summed E-state index contributed by atoms with van der Waals surface area (Å²) < 4.78 is 0. The molecule has 0 aliphatic heterocycles. The third kappa shape index (κ3) is 70.5. The molecule has 0 N–H and O–H groups in total. The second kappa shape index (κ2) is 56.6. The van der Waals surface area contributed by atoms with Gasteiger partial charge in [-0.25, -0.2) is 0 Å². The number of carboxylic acid groups (broad SMARTS) is 3. The fourth-order valence-electron chi connectivity index (χ4n) is 5.96. The Bertz CT molecular complexity index is 744. The van der Waals surface area contributed by atoms with Gasteiger partial charge in [0, 0.05) is 17.9 Å². The van der Waals surface area contributed by atoms with Crippen molar-refractivity contribution in [2.24, 2.45) is 0 Å². The summed E-state index contributed by atoms with van der Waals surface area (Å²) in [5, 5.41) is 30.5. The van der Waals surface area contributed by atoms with E-state index in [1.807, 2.05) is 0 Å². The van der Waals surface area contributed by atoms with Gasteiger partial charge in [-0.05, 0) is 116 Å². The Balaban J connectivity index is -0.000000351. The van der Waals surface area contributed by atoms with Gasteiger partial charge in [-0.15, -0.1) is 0 Å². The fraction of sp³-hybridized carbons (Fsp3) is 0.812. The minimum absolute atomic E-state index is 0. The zero-order chi connectivity index (χ0) is 40.4. The Hall–Kier alpha value is -1.73. The van der Waals surface area contributed by atoms with Crippen molar-refractivity contribution < 1.29 is 29.7 Å². The summed E-state index contributed by atoms with van der Waals surface area (Å²) >= 11 is 0. The predicted octanol–water partition coefficient (Wildman–Crippen LogP) is 11.6. The van der Waals surface area contributed by atoms with Gasteiger partial charge < -0.3 is 29.7 Å². The molecule has 0 aromatic rings. The Labute approximate surface area is 354 Å². The van der Waals surface area contributed by atoms with Crippen LogP contribution in [0.3, 0.4) is 0 Å². The van der Waals surface area contributed by atoms with Crippen molar-refractivity contribution in [3.05, 3.63) is 36.5 Å². The number of carbonyl (C=O) groups is 3. The van der Waals surface area contributed by atoms with Crippen molar-refractivity contribution in [3.63, 3.8) is 0 Å². The van der Waals surface area contributed by atoms with Crippen LogP contribution >= 0.6 is 0 Å².